The summed E-state index contributed by atoms with van der Waals surface area (Å²) < 4.78 is 24.8. The maximum absolute atomic E-state index is 12.0. The fraction of sp³-hybridized carbons (Fsp3) is 0.533. The van der Waals surface area contributed by atoms with Gasteiger partial charge in [-0.05, 0) is 30.5 Å². The van der Waals surface area contributed by atoms with Gasteiger partial charge in [0.25, 0.3) is 0 Å². The van der Waals surface area contributed by atoms with Crippen molar-refractivity contribution in [2.24, 2.45) is 5.92 Å². The lowest BCUT2D eigenvalue weighted by molar-refractivity contribution is -0.116. The van der Waals surface area contributed by atoms with Gasteiger partial charge in [-0.1, -0.05) is 31.5 Å². The van der Waals surface area contributed by atoms with Crippen LogP contribution in [0.5, 0.6) is 0 Å². The molecule has 0 saturated heterocycles. The second kappa shape index (κ2) is 7.94. The van der Waals surface area contributed by atoms with E-state index in [1.54, 1.807) is 18.2 Å². The van der Waals surface area contributed by atoms with Gasteiger partial charge in [-0.25, -0.2) is 12.7 Å². The Balaban J connectivity index is 2.66. The fourth-order valence-electron chi connectivity index (χ4n) is 1.98. The van der Waals surface area contributed by atoms with E-state index in [1.807, 2.05) is 20.8 Å². The highest BCUT2D eigenvalue weighted by molar-refractivity contribution is 7.88. The molecule has 22 heavy (non-hydrogen) atoms. The van der Waals surface area contributed by atoms with Gasteiger partial charge in [-0.2, -0.15) is 0 Å². The Morgan fingerprint density at radius 3 is 2.55 bits per heavy atom. The van der Waals surface area contributed by atoms with Crippen molar-refractivity contribution in [1.82, 2.24) is 4.31 Å². The molecule has 1 N–H and O–H groups in total. The van der Waals surface area contributed by atoms with Crippen LogP contribution in [0.4, 0.5) is 5.69 Å². The lowest BCUT2D eigenvalue weighted by Gasteiger charge is -2.21. The van der Waals surface area contributed by atoms with E-state index in [0.29, 0.717) is 17.3 Å². The van der Waals surface area contributed by atoms with Crippen LogP contribution in [-0.4, -0.2) is 38.0 Å². The van der Waals surface area contributed by atoms with Gasteiger partial charge in [0.1, 0.15) is 0 Å². The van der Waals surface area contributed by atoms with E-state index in [2.05, 4.69) is 5.32 Å². The Morgan fingerprint density at radius 2 is 2.00 bits per heavy atom. The van der Waals surface area contributed by atoms with Crippen molar-refractivity contribution in [2.45, 2.75) is 27.2 Å². The third kappa shape index (κ3) is 5.94. The molecule has 0 aromatic heterocycles. The van der Waals surface area contributed by atoms with E-state index in [1.165, 1.54) is 4.31 Å². The lowest BCUT2D eigenvalue weighted by Crippen LogP contribution is -2.35. The number of sulfonamides is 1. The average Bonchev–Trinajstić information content (AvgIpc) is 2.38. The van der Waals surface area contributed by atoms with Gasteiger partial charge >= 0.3 is 0 Å². The first-order valence-corrected chi connectivity index (χ1v) is 9.34. The minimum atomic E-state index is -3.31. The second-order valence-corrected chi connectivity index (χ2v) is 8.12. The molecule has 0 fully saturated rings. The van der Waals surface area contributed by atoms with E-state index in [-0.39, 0.29) is 24.8 Å². The molecule has 0 heterocycles. The van der Waals surface area contributed by atoms with Crippen LogP contribution in [0.3, 0.4) is 0 Å². The predicted octanol–water partition coefficient (Wildman–Crippen LogP) is 2.89. The normalized spacial score (nSPS) is 12.0. The number of amides is 1. The third-order valence-corrected chi connectivity index (χ3v) is 4.85. The Morgan fingerprint density at radius 1 is 1.36 bits per heavy atom. The minimum absolute atomic E-state index is 0.103. The Kier molecular flexibility index (Phi) is 6.84. The summed E-state index contributed by atoms with van der Waals surface area (Å²) in [5, 5.41) is 3.35. The summed E-state index contributed by atoms with van der Waals surface area (Å²) in [6.45, 7) is 6.27. The molecule has 0 bridgehead atoms. The molecule has 124 valence electrons. The van der Waals surface area contributed by atoms with Crippen molar-refractivity contribution < 1.29 is 13.2 Å². The van der Waals surface area contributed by atoms with Crippen molar-refractivity contribution in [2.75, 3.05) is 24.7 Å². The Hall–Kier alpha value is -1.11. The quantitative estimate of drug-likeness (QED) is 0.825. The van der Waals surface area contributed by atoms with Crippen LogP contribution in [0.1, 0.15) is 25.8 Å². The molecule has 1 aromatic carbocycles. The summed E-state index contributed by atoms with van der Waals surface area (Å²) in [4.78, 5) is 12.0. The molecule has 0 aliphatic rings. The minimum Gasteiger partial charge on any atom is -0.326 e. The SMILES string of the molecule is Cc1c(Cl)cccc1NC(=O)CCN(CC(C)C)S(C)(=O)=O. The Labute approximate surface area is 137 Å². The number of nitrogens with one attached hydrogen (secondary N) is 1. The van der Waals surface area contributed by atoms with E-state index >= 15 is 0 Å². The summed E-state index contributed by atoms with van der Waals surface area (Å²) in [5.41, 5.74) is 1.44. The molecule has 0 unspecified atom stereocenters. The fourth-order valence-corrected chi connectivity index (χ4v) is 3.15. The highest BCUT2D eigenvalue weighted by Crippen LogP contribution is 2.23. The number of hydrogen-bond acceptors (Lipinski definition) is 3. The van der Waals surface area contributed by atoms with Gasteiger partial charge < -0.3 is 5.32 Å². The van der Waals surface area contributed by atoms with E-state index in [9.17, 15) is 13.2 Å². The van der Waals surface area contributed by atoms with Gasteiger partial charge in [0.05, 0.1) is 6.26 Å². The molecular formula is C15H23ClN2O3S. The molecule has 7 heteroatoms. The highest BCUT2D eigenvalue weighted by Gasteiger charge is 2.19. The first kappa shape index (κ1) is 18.9. The molecule has 1 rings (SSSR count). The smallest absolute Gasteiger partial charge is 0.225 e. The van der Waals surface area contributed by atoms with Gasteiger partial charge in [0.15, 0.2) is 0 Å². The molecule has 1 amide bonds. The topological polar surface area (TPSA) is 66.5 Å². The second-order valence-electron chi connectivity index (χ2n) is 5.73. The molecule has 0 radical (unpaired) electrons. The molecule has 5 nitrogen and oxygen atoms in total. The zero-order chi connectivity index (χ0) is 16.9. The molecule has 0 atom stereocenters. The maximum Gasteiger partial charge on any atom is 0.225 e. The monoisotopic (exact) mass is 346 g/mol. The first-order chi connectivity index (χ1) is 10.1. The average molecular weight is 347 g/mol. The molecular weight excluding hydrogens is 324 g/mol. The summed E-state index contributed by atoms with van der Waals surface area (Å²) in [5.74, 6) is -0.0317. The van der Waals surface area contributed by atoms with Crippen molar-refractivity contribution in [3.8, 4) is 0 Å². The largest absolute Gasteiger partial charge is 0.326 e. The summed E-state index contributed by atoms with van der Waals surface area (Å²) in [6.07, 6.45) is 1.26. The highest BCUT2D eigenvalue weighted by atomic mass is 35.5. The first-order valence-electron chi connectivity index (χ1n) is 7.11. The summed E-state index contributed by atoms with van der Waals surface area (Å²) in [6, 6.07) is 5.27. The molecule has 0 aliphatic carbocycles. The zero-order valence-corrected chi connectivity index (χ0v) is 15.0. The number of nitrogens with zero attached hydrogens (tertiary/aromatic N) is 1. The van der Waals surface area contributed by atoms with E-state index < -0.39 is 10.0 Å². The summed E-state index contributed by atoms with van der Waals surface area (Å²) >= 11 is 6.00. The van der Waals surface area contributed by atoms with Gasteiger partial charge in [-0.15, -0.1) is 0 Å². The predicted molar refractivity (Wildman–Crippen MR) is 90.7 cm³/mol. The Bertz CT molecular complexity index is 630. The maximum atomic E-state index is 12.0. The summed E-state index contributed by atoms with van der Waals surface area (Å²) in [7, 11) is -3.31. The molecule has 0 spiro atoms. The van der Waals surface area contributed by atoms with Crippen LogP contribution in [0.25, 0.3) is 0 Å². The number of rotatable bonds is 7. The van der Waals surface area contributed by atoms with Gasteiger partial charge in [0, 0.05) is 30.2 Å². The van der Waals surface area contributed by atoms with Crippen LogP contribution in [0.15, 0.2) is 18.2 Å². The van der Waals surface area contributed by atoms with Crippen LogP contribution < -0.4 is 5.32 Å². The number of hydrogen-bond donors (Lipinski definition) is 1. The van der Waals surface area contributed by atoms with Crippen LogP contribution in [-0.2, 0) is 14.8 Å². The lowest BCUT2D eigenvalue weighted by atomic mass is 10.2. The zero-order valence-electron chi connectivity index (χ0n) is 13.4. The van der Waals surface area contributed by atoms with Gasteiger partial charge in [-0.3, -0.25) is 4.79 Å². The van der Waals surface area contributed by atoms with E-state index in [0.717, 1.165) is 11.8 Å². The molecule has 1 aromatic rings. The molecule has 0 saturated carbocycles. The number of carbonyl (C=O) groups is 1. The third-order valence-electron chi connectivity index (χ3n) is 3.17. The van der Waals surface area contributed by atoms with E-state index in [4.69, 9.17) is 11.6 Å². The van der Waals surface area contributed by atoms with Crippen molar-refractivity contribution in [1.29, 1.82) is 0 Å². The standard InChI is InChI=1S/C15H23ClN2O3S/c1-11(2)10-18(22(4,20)21)9-8-15(19)17-14-7-5-6-13(16)12(14)3/h5-7,11H,8-10H2,1-4H3,(H,17,19). The molecule has 0 aliphatic heterocycles. The number of benzene rings is 1. The number of halogens is 1. The van der Waals surface area contributed by atoms with Crippen molar-refractivity contribution >= 4 is 33.2 Å². The number of anilines is 1. The van der Waals surface area contributed by atoms with Crippen LogP contribution in [0.2, 0.25) is 5.02 Å². The van der Waals surface area contributed by atoms with Crippen LogP contribution >= 0.6 is 11.6 Å². The van der Waals surface area contributed by atoms with Gasteiger partial charge in [0.2, 0.25) is 15.9 Å². The number of carbonyl (C=O) groups excluding carboxylic acids is 1. The van der Waals surface area contributed by atoms with Crippen molar-refractivity contribution in [3.05, 3.63) is 28.8 Å². The van der Waals surface area contributed by atoms with Crippen LogP contribution in [0, 0.1) is 12.8 Å². The van der Waals surface area contributed by atoms with Crippen molar-refractivity contribution in [3.63, 3.8) is 0 Å².